The van der Waals surface area contributed by atoms with Gasteiger partial charge in [0.15, 0.2) is 0 Å². The van der Waals surface area contributed by atoms with Gasteiger partial charge >= 0.3 is 0 Å². The van der Waals surface area contributed by atoms with Gasteiger partial charge in [-0.1, -0.05) is 24.3 Å². The van der Waals surface area contributed by atoms with Crippen molar-refractivity contribution in [1.29, 1.82) is 0 Å². The maximum atomic E-state index is 11.9. The molecule has 0 fully saturated rings. The number of nitrogens with one attached hydrogen (secondary N) is 2. The highest BCUT2D eigenvalue weighted by atomic mass is 32.2. The Morgan fingerprint density at radius 1 is 1.44 bits per heavy atom. The van der Waals surface area contributed by atoms with Crippen molar-refractivity contribution in [1.82, 2.24) is 10.6 Å². The summed E-state index contributed by atoms with van der Waals surface area (Å²) in [6, 6.07) is 7.98. The van der Waals surface area contributed by atoms with E-state index in [2.05, 4.69) is 22.8 Å². The standard InChI is InChI=1S/C13H18N2O2S/c1-18(17)7-6-14-13(16)12-8-10-4-2-3-5-11(10)9-15-12/h2-5,12,15H,6-9H2,1H3,(H,14,16). The van der Waals surface area contributed by atoms with Crippen LogP contribution in [0, 0.1) is 0 Å². The summed E-state index contributed by atoms with van der Waals surface area (Å²) in [5.41, 5.74) is 2.49. The minimum atomic E-state index is -0.858. The fraction of sp³-hybridized carbons (Fsp3) is 0.462. The Hall–Kier alpha value is -1.20. The van der Waals surface area contributed by atoms with E-state index in [4.69, 9.17) is 0 Å². The monoisotopic (exact) mass is 266 g/mol. The number of carbonyl (C=O) groups is 1. The smallest absolute Gasteiger partial charge is 0.237 e. The summed E-state index contributed by atoms with van der Waals surface area (Å²) in [6.07, 6.45) is 2.36. The molecule has 2 atom stereocenters. The van der Waals surface area contributed by atoms with Crippen LogP contribution in [0.5, 0.6) is 0 Å². The lowest BCUT2D eigenvalue weighted by Crippen LogP contribution is -2.48. The fourth-order valence-electron chi connectivity index (χ4n) is 2.08. The van der Waals surface area contributed by atoms with E-state index < -0.39 is 10.8 Å². The van der Waals surface area contributed by atoms with Crippen LogP contribution in [0.1, 0.15) is 11.1 Å². The molecule has 0 spiro atoms. The van der Waals surface area contributed by atoms with Gasteiger partial charge in [-0.15, -0.1) is 0 Å². The molecule has 5 heteroatoms. The van der Waals surface area contributed by atoms with Crippen LogP contribution in [0.15, 0.2) is 24.3 Å². The Morgan fingerprint density at radius 2 is 2.17 bits per heavy atom. The summed E-state index contributed by atoms with van der Waals surface area (Å²) < 4.78 is 10.9. The van der Waals surface area contributed by atoms with Gasteiger partial charge in [0.05, 0.1) is 6.04 Å². The summed E-state index contributed by atoms with van der Waals surface area (Å²) in [5, 5.41) is 6.05. The van der Waals surface area contributed by atoms with E-state index in [0.29, 0.717) is 12.3 Å². The van der Waals surface area contributed by atoms with Gasteiger partial charge in [0.25, 0.3) is 0 Å². The molecule has 98 valence electrons. The third-order valence-corrected chi connectivity index (χ3v) is 3.87. The second-order valence-corrected chi connectivity index (χ2v) is 6.03. The van der Waals surface area contributed by atoms with Gasteiger partial charge in [-0.3, -0.25) is 9.00 Å². The SMILES string of the molecule is CS(=O)CCNC(=O)C1Cc2ccccc2CN1. The first-order valence-corrected chi connectivity index (χ1v) is 7.77. The molecular formula is C13H18N2O2S. The lowest BCUT2D eigenvalue weighted by Gasteiger charge is -2.25. The molecule has 0 saturated heterocycles. The summed E-state index contributed by atoms with van der Waals surface area (Å²) in [4.78, 5) is 11.9. The Kier molecular flexibility index (Phi) is 4.49. The van der Waals surface area contributed by atoms with Crippen molar-refractivity contribution in [2.75, 3.05) is 18.6 Å². The van der Waals surface area contributed by atoms with Crippen LogP contribution in [-0.4, -0.2) is 34.7 Å². The zero-order valence-corrected chi connectivity index (χ0v) is 11.3. The van der Waals surface area contributed by atoms with Crippen LogP contribution in [0.3, 0.4) is 0 Å². The van der Waals surface area contributed by atoms with Gasteiger partial charge in [0, 0.05) is 35.9 Å². The fourth-order valence-corrected chi connectivity index (χ4v) is 2.47. The molecule has 1 aliphatic rings. The number of hydrogen-bond acceptors (Lipinski definition) is 3. The zero-order chi connectivity index (χ0) is 13.0. The predicted molar refractivity (Wildman–Crippen MR) is 72.7 cm³/mol. The molecule has 4 nitrogen and oxygen atoms in total. The first kappa shape index (κ1) is 13.2. The van der Waals surface area contributed by atoms with E-state index >= 15 is 0 Å². The quantitative estimate of drug-likeness (QED) is 0.818. The molecule has 1 aliphatic heterocycles. The van der Waals surface area contributed by atoms with Gasteiger partial charge in [-0.25, -0.2) is 0 Å². The first-order chi connectivity index (χ1) is 8.66. The molecule has 18 heavy (non-hydrogen) atoms. The van der Waals surface area contributed by atoms with Crippen molar-refractivity contribution < 1.29 is 9.00 Å². The molecule has 0 saturated carbocycles. The molecule has 0 aliphatic carbocycles. The van der Waals surface area contributed by atoms with Crippen molar-refractivity contribution in [2.24, 2.45) is 0 Å². The van der Waals surface area contributed by atoms with Crippen molar-refractivity contribution >= 4 is 16.7 Å². The van der Waals surface area contributed by atoms with Crippen LogP contribution < -0.4 is 10.6 Å². The zero-order valence-electron chi connectivity index (χ0n) is 10.4. The average molecular weight is 266 g/mol. The van der Waals surface area contributed by atoms with Crippen molar-refractivity contribution in [3.05, 3.63) is 35.4 Å². The van der Waals surface area contributed by atoms with Gasteiger partial charge in [-0.2, -0.15) is 0 Å². The normalized spacial score (nSPS) is 19.9. The Bertz CT molecular complexity index is 462. The molecular weight excluding hydrogens is 248 g/mol. The van der Waals surface area contributed by atoms with E-state index in [1.54, 1.807) is 6.26 Å². The lowest BCUT2D eigenvalue weighted by atomic mass is 9.95. The molecule has 2 N–H and O–H groups in total. The lowest BCUT2D eigenvalue weighted by molar-refractivity contribution is -0.123. The van der Waals surface area contributed by atoms with Crippen LogP contribution in [0.2, 0.25) is 0 Å². The van der Waals surface area contributed by atoms with Crippen molar-refractivity contribution in [3.63, 3.8) is 0 Å². The van der Waals surface area contributed by atoms with Crippen LogP contribution in [0.4, 0.5) is 0 Å². The van der Waals surface area contributed by atoms with E-state index in [-0.39, 0.29) is 11.9 Å². The Balaban J connectivity index is 1.88. The van der Waals surface area contributed by atoms with Crippen LogP contribution in [0.25, 0.3) is 0 Å². The number of fused-ring (bicyclic) bond motifs is 1. The first-order valence-electron chi connectivity index (χ1n) is 6.04. The van der Waals surface area contributed by atoms with Crippen LogP contribution in [-0.2, 0) is 28.6 Å². The highest BCUT2D eigenvalue weighted by molar-refractivity contribution is 7.84. The molecule has 2 unspecified atom stereocenters. The number of benzene rings is 1. The number of amides is 1. The van der Waals surface area contributed by atoms with Crippen molar-refractivity contribution in [3.8, 4) is 0 Å². The van der Waals surface area contributed by atoms with E-state index in [1.165, 1.54) is 11.1 Å². The minimum Gasteiger partial charge on any atom is -0.354 e. The maximum absolute atomic E-state index is 11.9. The Labute approximate surface area is 110 Å². The second-order valence-electron chi connectivity index (χ2n) is 4.47. The predicted octanol–water partition coefficient (Wildman–Crippen LogP) is 0.196. The van der Waals surface area contributed by atoms with E-state index in [9.17, 15) is 9.00 Å². The molecule has 1 amide bonds. The summed E-state index contributed by atoms with van der Waals surface area (Å²) >= 11 is 0. The van der Waals surface area contributed by atoms with E-state index in [1.807, 2.05) is 12.1 Å². The maximum Gasteiger partial charge on any atom is 0.237 e. The molecule has 0 radical (unpaired) electrons. The van der Waals surface area contributed by atoms with Gasteiger partial charge in [-0.05, 0) is 17.5 Å². The summed E-state index contributed by atoms with van der Waals surface area (Å²) in [6.45, 7) is 1.20. The van der Waals surface area contributed by atoms with Crippen LogP contribution >= 0.6 is 0 Å². The number of rotatable bonds is 4. The molecule has 0 aromatic heterocycles. The molecule has 2 rings (SSSR count). The summed E-state index contributed by atoms with van der Waals surface area (Å²) in [5.74, 6) is 0.504. The molecule has 1 aromatic rings. The summed E-state index contributed by atoms with van der Waals surface area (Å²) in [7, 11) is -0.858. The van der Waals surface area contributed by atoms with E-state index in [0.717, 1.165) is 13.0 Å². The van der Waals surface area contributed by atoms with Gasteiger partial charge in [0.1, 0.15) is 0 Å². The topological polar surface area (TPSA) is 58.2 Å². The number of hydrogen-bond donors (Lipinski definition) is 2. The van der Waals surface area contributed by atoms with Crippen molar-refractivity contribution in [2.45, 2.75) is 19.0 Å². The average Bonchev–Trinajstić information content (AvgIpc) is 2.37. The largest absolute Gasteiger partial charge is 0.354 e. The molecule has 1 heterocycles. The Morgan fingerprint density at radius 3 is 2.89 bits per heavy atom. The number of carbonyl (C=O) groups excluding carboxylic acids is 1. The second kappa shape index (κ2) is 6.11. The third kappa shape index (κ3) is 3.40. The van der Waals surface area contributed by atoms with Gasteiger partial charge in [0.2, 0.25) is 5.91 Å². The highest BCUT2D eigenvalue weighted by Gasteiger charge is 2.23. The third-order valence-electron chi connectivity index (χ3n) is 3.09. The van der Waals surface area contributed by atoms with Gasteiger partial charge < -0.3 is 10.6 Å². The molecule has 0 bridgehead atoms. The molecule has 1 aromatic carbocycles. The highest BCUT2D eigenvalue weighted by Crippen LogP contribution is 2.16. The minimum absolute atomic E-state index is 0.00467.